The van der Waals surface area contributed by atoms with E-state index in [-0.39, 0.29) is 5.97 Å². The highest BCUT2D eigenvalue weighted by molar-refractivity contribution is 5.78. The number of hydrogen-bond donors (Lipinski definition) is 0. The van der Waals surface area contributed by atoms with E-state index in [2.05, 4.69) is 6.07 Å². The normalized spacial score (nSPS) is 14.4. The second-order valence-corrected chi connectivity index (χ2v) is 9.30. The summed E-state index contributed by atoms with van der Waals surface area (Å²) in [5.41, 5.74) is 1.74. The Morgan fingerprint density at radius 1 is 1.17 bits per heavy atom. The molecule has 0 spiro atoms. The summed E-state index contributed by atoms with van der Waals surface area (Å²) in [6.45, 7) is 12.9. The summed E-state index contributed by atoms with van der Waals surface area (Å²) in [6, 6.07) is 5.95. The quantitative estimate of drug-likeness (QED) is 0.657. The van der Waals surface area contributed by atoms with Crippen molar-refractivity contribution in [2.45, 2.75) is 78.4 Å². The smallest absolute Gasteiger partial charge is 0.334 e. The summed E-state index contributed by atoms with van der Waals surface area (Å²) in [4.78, 5) is 12.8. The van der Waals surface area contributed by atoms with Gasteiger partial charge in [-0.15, -0.1) is 0 Å². The minimum atomic E-state index is -0.963. The van der Waals surface area contributed by atoms with E-state index in [4.69, 9.17) is 14.6 Å². The van der Waals surface area contributed by atoms with Gasteiger partial charge in [-0.2, -0.15) is 10.4 Å². The topological polar surface area (TPSA) is 77.1 Å². The molecule has 1 heterocycles. The number of esters is 1. The monoisotopic (exact) mass is 395 g/mol. The number of hydrogen-bond acceptors (Lipinski definition) is 5. The number of rotatable bonds is 5. The minimum absolute atomic E-state index is 0.341. The average Bonchev–Trinajstić information content (AvgIpc) is 3.33. The molecule has 1 saturated carbocycles. The number of carbonyl (C=O) groups excluding carboxylic acids is 1. The molecule has 0 N–H and O–H groups in total. The van der Waals surface area contributed by atoms with Gasteiger partial charge < -0.3 is 9.47 Å². The molecule has 29 heavy (non-hydrogen) atoms. The first-order chi connectivity index (χ1) is 13.4. The van der Waals surface area contributed by atoms with Crippen LogP contribution in [0.2, 0.25) is 0 Å². The number of aromatic nitrogens is 2. The molecule has 154 valence electrons. The second-order valence-electron chi connectivity index (χ2n) is 9.30. The fraction of sp³-hybridized carbons (Fsp3) is 0.522. The summed E-state index contributed by atoms with van der Waals surface area (Å²) in [6.07, 6.45) is 3.90. The van der Waals surface area contributed by atoms with Crippen molar-refractivity contribution in [2.75, 3.05) is 0 Å². The first kappa shape index (κ1) is 20.9. The molecule has 1 aromatic heterocycles. The van der Waals surface area contributed by atoms with E-state index in [1.807, 2.05) is 46.8 Å². The lowest BCUT2D eigenvalue weighted by Gasteiger charge is -2.28. The average molecular weight is 396 g/mol. The molecular formula is C23H29N3O3. The van der Waals surface area contributed by atoms with E-state index in [1.54, 1.807) is 24.7 Å². The van der Waals surface area contributed by atoms with Crippen molar-refractivity contribution in [3.05, 3.63) is 40.7 Å². The van der Waals surface area contributed by atoms with Crippen LogP contribution in [0.15, 0.2) is 18.3 Å². The third kappa shape index (κ3) is 4.45. The van der Waals surface area contributed by atoms with Crippen LogP contribution >= 0.6 is 0 Å². The maximum Gasteiger partial charge on any atom is 0.334 e. The highest BCUT2D eigenvalue weighted by atomic mass is 16.6. The lowest BCUT2D eigenvalue weighted by molar-refractivity contribution is -0.164. The summed E-state index contributed by atoms with van der Waals surface area (Å²) >= 11 is 0. The number of nitrogens with zero attached hydrogens (tertiary/aromatic N) is 3. The Hall–Kier alpha value is -2.81. The zero-order valence-corrected chi connectivity index (χ0v) is 18.3. The van der Waals surface area contributed by atoms with Crippen LogP contribution in [-0.4, -0.2) is 21.4 Å². The van der Waals surface area contributed by atoms with Crippen LogP contribution in [0.4, 0.5) is 0 Å². The molecule has 6 heteroatoms. The number of aryl methyl sites for hydroxylation is 2. The van der Waals surface area contributed by atoms with Crippen molar-refractivity contribution in [1.29, 1.82) is 5.26 Å². The van der Waals surface area contributed by atoms with Crippen molar-refractivity contribution in [1.82, 2.24) is 9.78 Å². The molecule has 0 unspecified atom stereocenters. The SMILES string of the molecule is Cc1cc(Oc2cn(C(C)(C)C(=O)OC(C)(C)C)nc2C2CC2)cc(C)c1C#N. The van der Waals surface area contributed by atoms with Gasteiger partial charge in [-0.25, -0.2) is 4.79 Å². The number of nitriles is 1. The maximum atomic E-state index is 12.8. The van der Waals surface area contributed by atoms with E-state index >= 15 is 0 Å². The van der Waals surface area contributed by atoms with Crippen LogP contribution in [0, 0.1) is 25.2 Å². The molecule has 0 bridgehead atoms. The van der Waals surface area contributed by atoms with Crippen molar-refractivity contribution < 1.29 is 14.3 Å². The Balaban J connectivity index is 1.94. The van der Waals surface area contributed by atoms with E-state index < -0.39 is 11.1 Å². The minimum Gasteiger partial charge on any atom is -0.458 e. The molecule has 0 aliphatic heterocycles. The molecule has 0 saturated heterocycles. The van der Waals surface area contributed by atoms with Gasteiger partial charge in [0.1, 0.15) is 17.0 Å². The number of benzene rings is 1. The molecule has 0 radical (unpaired) electrons. The molecule has 1 aliphatic carbocycles. The predicted molar refractivity (Wildman–Crippen MR) is 110 cm³/mol. The lowest BCUT2D eigenvalue weighted by atomic mass is 10.0. The van der Waals surface area contributed by atoms with Gasteiger partial charge in [0.25, 0.3) is 0 Å². The van der Waals surface area contributed by atoms with Crippen LogP contribution in [-0.2, 0) is 15.1 Å². The van der Waals surface area contributed by atoms with Crippen LogP contribution in [0.3, 0.4) is 0 Å². The van der Waals surface area contributed by atoms with Gasteiger partial charge in [0.05, 0.1) is 17.8 Å². The largest absolute Gasteiger partial charge is 0.458 e. The molecule has 1 aromatic carbocycles. The zero-order chi connectivity index (χ0) is 21.6. The molecule has 0 atom stereocenters. The highest BCUT2D eigenvalue weighted by Crippen LogP contribution is 2.45. The number of carbonyl (C=O) groups is 1. The summed E-state index contributed by atoms with van der Waals surface area (Å²) in [7, 11) is 0. The molecule has 6 nitrogen and oxygen atoms in total. The standard InChI is InChI=1S/C23H29N3O3/c1-14-10-17(11-15(2)18(14)12-24)28-19-13-26(25-20(19)16-8-9-16)23(6,7)21(27)29-22(3,4)5/h10-11,13,16H,8-9H2,1-7H3. The summed E-state index contributed by atoms with van der Waals surface area (Å²) < 4.78 is 13.4. The van der Waals surface area contributed by atoms with Gasteiger partial charge >= 0.3 is 5.97 Å². The van der Waals surface area contributed by atoms with E-state index in [9.17, 15) is 10.1 Å². The van der Waals surface area contributed by atoms with E-state index in [0.29, 0.717) is 23.0 Å². The molecular weight excluding hydrogens is 366 g/mol. The van der Waals surface area contributed by atoms with E-state index in [1.165, 1.54) is 0 Å². The van der Waals surface area contributed by atoms with Gasteiger partial charge in [-0.3, -0.25) is 4.68 Å². The van der Waals surface area contributed by atoms with Crippen molar-refractivity contribution >= 4 is 5.97 Å². The van der Waals surface area contributed by atoms with Gasteiger partial charge in [0.15, 0.2) is 11.3 Å². The van der Waals surface area contributed by atoms with Crippen molar-refractivity contribution in [3.8, 4) is 17.6 Å². The Bertz CT molecular complexity index is 963. The summed E-state index contributed by atoms with van der Waals surface area (Å²) in [5, 5.41) is 14.0. The van der Waals surface area contributed by atoms with Crippen molar-refractivity contribution in [2.24, 2.45) is 0 Å². The Labute approximate surface area is 172 Å². The Morgan fingerprint density at radius 2 is 1.76 bits per heavy atom. The molecule has 3 rings (SSSR count). The van der Waals surface area contributed by atoms with Crippen LogP contribution in [0.1, 0.15) is 75.8 Å². The lowest BCUT2D eigenvalue weighted by Crippen LogP contribution is -2.41. The third-order valence-electron chi connectivity index (χ3n) is 4.99. The second kappa shape index (κ2) is 7.22. The van der Waals surface area contributed by atoms with Crippen LogP contribution in [0.25, 0.3) is 0 Å². The Kier molecular flexibility index (Phi) is 5.20. The summed E-state index contributed by atoms with van der Waals surface area (Å²) in [5.74, 6) is 1.32. The zero-order valence-electron chi connectivity index (χ0n) is 18.3. The third-order valence-corrected chi connectivity index (χ3v) is 4.99. The van der Waals surface area contributed by atoms with E-state index in [0.717, 1.165) is 29.7 Å². The van der Waals surface area contributed by atoms with Gasteiger partial charge in [-0.05, 0) is 84.6 Å². The predicted octanol–water partition coefficient (Wildman–Crippen LogP) is 5.12. The molecule has 1 aliphatic rings. The van der Waals surface area contributed by atoms with Crippen LogP contribution in [0.5, 0.6) is 11.5 Å². The molecule has 2 aromatic rings. The maximum absolute atomic E-state index is 12.8. The Morgan fingerprint density at radius 3 is 2.24 bits per heavy atom. The van der Waals surface area contributed by atoms with Gasteiger partial charge in [0, 0.05) is 5.92 Å². The van der Waals surface area contributed by atoms with Crippen LogP contribution < -0.4 is 4.74 Å². The fourth-order valence-corrected chi connectivity index (χ4v) is 3.16. The van der Waals surface area contributed by atoms with Gasteiger partial charge in [0.2, 0.25) is 0 Å². The first-order valence-electron chi connectivity index (χ1n) is 9.95. The molecule has 0 amide bonds. The fourth-order valence-electron chi connectivity index (χ4n) is 3.16. The van der Waals surface area contributed by atoms with Gasteiger partial charge in [-0.1, -0.05) is 0 Å². The number of ether oxygens (including phenoxy) is 2. The molecule has 1 fully saturated rings. The highest BCUT2D eigenvalue weighted by Gasteiger charge is 2.38. The van der Waals surface area contributed by atoms with Crippen molar-refractivity contribution in [3.63, 3.8) is 0 Å². The first-order valence-corrected chi connectivity index (χ1v) is 9.95.